The molecule has 35 heavy (non-hydrogen) atoms. The molecule has 0 fully saturated rings. The van der Waals surface area contributed by atoms with Crippen molar-refractivity contribution in [1.82, 2.24) is 29.7 Å². The minimum absolute atomic E-state index is 0.110. The molecule has 1 amide bonds. The van der Waals surface area contributed by atoms with Gasteiger partial charge in [-0.1, -0.05) is 11.6 Å². The summed E-state index contributed by atoms with van der Waals surface area (Å²) in [5.41, 5.74) is 1.39. The Bertz CT molecular complexity index is 1310. The van der Waals surface area contributed by atoms with Crippen LogP contribution in [0.25, 0.3) is 16.9 Å². The first-order valence-electron chi connectivity index (χ1n) is 10.6. The largest absolute Gasteiger partial charge is 0.434 e. The van der Waals surface area contributed by atoms with Crippen molar-refractivity contribution in [3.63, 3.8) is 0 Å². The molecular weight excluding hydrogens is 500 g/mol. The lowest BCUT2D eigenvalue weighted by Gasteiger charge is -2.11. The maximum atomic E-state index is 13.1. The molecule has 0 aliphatic rings. The summed E-state index contributed by atoms with van der Waals surface area (Å²) in [5.74, 6) is 0.382. The van der Waals surface area contributed by atoms with Gasteiger partial charge in [0, 0.05) is 48.0 Å². The number of halogens is 3. The standard InChI is InChI=1S/C22H22ClF2N7O2S/c1-35-10-7-26-6-9-31-13-17(29-21(33)16-12-28-32-8-2-5-27-20(16)32)19(30-31)15-11-14(23)3-4-18(15)34-22(24)25/h2-5,8,11-13,22,26H,6-7,9-10H2,1H3,(H,29,33). The smallest absolute Gasteiger partial charge is 0.387 e. The van der Waals surface area contributed by atoms with Crippen LogP contribution in [-0.4, -0.2) is 62.0 Å². The van der Waals surface area contributed by atoms with Crippen LogP contribution in [0.2, 0.25) is 5.02 Å². The third-order valence-electron chi connectivity index (χ3n) is 4.95. The van der Waals surface area contributed by atoms with Crippen LogP contribution in [0.1, 0.15) is 10.4 Å². The van der Waals surface area contributed by atoms with E-state index in [1.165, 1.54) is 28.9 Å². The van der Waals surface area contributed by atoms with E-state index in [1.807, 2.05) is 6.26 Å². The van der Waals surface area contributed by atoms with Crippen LogP contribution in [0.15, 0.2) is 49.1 Å². The number of ether oxygens (including phenoxy) is 1. The predicted molar refractivity (Wildman–Crippen MR) is 131 cm³/mol. The number of hydrogen-bond donors (Lipinski definition) is 2. The van der Waals surface area contributed by atoms with E-state index < -0.39 is 12.5 Å². The quantitative estimate of drug-likeness (QED) is 0.287. The highest BCUT2D eigenvalue weighted by molar-refractivity contribution is 7.98. The van der Waals surface area contributed by atoms with Crippen molar-refractivity contribution in [3.8, 4) is 17.0 Å². The molecule has 0 aliphatic carbocycles. The monoisotopic (exact) mass is 521 g/mol. The van der Waals surface area contributed by atoms with Gasteiger partial charge in [0.25, 0.3) is 5.91 Å². The molecule has 3 aromatic heterocycles. The summed E-state index contributed by atoms with van der Waals surface area (Å²) in [7, 11) is 0. The molecule has 4 aromatic rings. The fourth-order valence-electron chi connectivity index (χ4n) is 3.38. The molecule has 3 heterocycles. The number of hydrogen-bond acceptors (Lipinski definition) is 7. The minimum atomic E-state index is -3.04. The first-order valence-corrected chi connectivity index (χ1v) is 12.3. The summed E-state index contributed by atoms with van der Waals surface area (Å²) in [5, 5.41) is 15.1. The lowest BCUT2D eigenvalue weighted by molar-refractivity contribution is -0.0494. The molecule has 0 bridgehead atoms. The summed E-state index contributed by atoms with van der Waals surface area (Å²) in [6, 6.07) is 5.95. The first kappa shape index (κ1) is 24.9. The van der Waals surface area contributed by atoms with Crippen LogP contribution in [0.3, 0.4) is 0 Å². The Morgan fingerprint density at radius 2 is 2.17 bits per heavy atom. The Morgan fingerprint density at radius 3 is 2.97 bits per heavy atom. The van der Waals surface area contributed by atoms with E-state index in [9.17, 15) is 13.6 Å². The molecule has 13 heteroatoms. The Hall–Kier alpha value is -3.22. The van der Waals surface area contributed by atoms with Crippen molar-refractivity contribution in [2.45, 2.75) is 13.2 Å². The van der Waals surface area contributed by atoms with Crippen LogP contribution in [-0.2, 0) is 6.54 Å². The number of amides is 1. The minimum Gasteiger partial charge on any atom is -0.434 e. The third kappa shape index (κ3) is 6.08. The molecule has 2 N–H and O–H groups in total. The number of carbonyl (C=O) groups is 1. The molecule has 1 aromatic carbocycles. The Balaban J connectivity index is 1.67. The number of nitrogens with zero attached hydrogens (tertiary/aromatic N) is 5. The van der Waals surface area contributed by atoms with Gasteiger partial charge in [0.2, 0.25) is 0 Å². The number of alkyl halides is 2. The summed E-state index contributed by atoms with van der Waals surface area (Å²) in [6.45, 7) is -1.09. The highest BCUT2D eigenvalue weighted by Gasteiger charge is 2.22. The van der Waals surface area contributed by atoms with Crippen molar-refractivity contribution < 1.29 is 18.3 Å². The first-order chi connectivity index (χ1) is 17.0. The average molecular weight is 522 g/mol. The fourth-order valence-corrected chi connectivity index (χ4v) is 3.90. The van der Waals surface area contributed by atoms with E-state index in [2.05, 4.69) is 30.6 Å². The second kappa shape index (κ2) is 11.5. The molecule has 0 saturated carbocycles. The molecule has 0 saturated heterocycles. The van der Waals surface area contributed by atoms with Gasteiger partial charge < -0.3 is 15.4 Å². The van der Waals surface area contributed by atoms with Crippen LogP contribution >= 0.6 is 23.4 Å². The second-order valence-electron chi connectivity index (χ2n) is 7.32. The summed E-state index contributed by atoms with van der Waals surface area (Å²) in [4.78, 5) is 17.3. The van der Waals surface area contributed by atoms with E-state index in [-0.39, 0.29) is 22.6 Å². The Kier molecular flexibility index (Phi) is 8.16. The number of anilines is 1. The fraction of sp³-hybridized carbons (Fsp3) is 0.273. The predicted octanol–water partition coefficient (Wildman–Crippen LogP) is 4.05. The Morgan fingerprint density at radius 1 is 1.31 bits per heavy atom. The number of rotatable bonds is 11. The summed E-state index contributed by atoms with van der Waals surface area (Å²) in [6.07, 6.45) is 8.30. The highest BCUT2D eigenvalue weighted by atomic mass is 35.5. The van der Waals surface area contributed by atoms with Gasteiger partial charge in [-0.15, -0.1) is 0 Å². The number of nitrogens with one attached hydrogen (secondary N) is 2. The number of fused-ring (bicyclic) bond motifs is 1. The zero-order chi connectivity index (χ0) is 24.8. The molecule has 9 nitrogen and oxygen atoms in total. The second-order valence-corrected chi connectivity index (χ2v) is 8.74. The van der Waals surface area contributed by atoms with Crippen molar-refractivity contribution in [1.29, 1.82) is 0 Å². The molecule has 0 spiro atoms. The number of carbonyl (C=O) groups excluding carboxylic acids is 1. The SMILES string of the molecule is CSCCNCCn1cc(NC(=O)c2cnn3cccnc23)c(-c2cc(Cl)ccc2OC(F)F)n1. The molecular formula is C22H22ClF2N7O2S. The molecule has 0 aliphatic heterocycles. The van der Waals surface area contributed by atoms with E-state index in [0.717, 1.165) is 12.3 Å². The normalized spacial score (nSPS) is 11.3. The van der Waals surface area contributed by atoms with Gasteiger partial charge in [0.1, 0.15) is 17.0 Å². The van der Waals surface area contributed by atoms with E-state index in [0.29, 0.717) is 29.4 Å². The summed E-state index contributed by atoms with van der Waals surface area (Å²) >= 11 is 7.88. The summed E-state index contributed by atoms with van der Waals surface area (Å²) < 4.78 is 33.9. The van der Waals surface area contributed by atoms with Crippen LogP contribution < -0.4 is 15.4 Å². The molecule has 0 unspecified atom stereocenters. The van der Waals surface area contributed by atoms with Gasteiger partial charge in [0.05, 0.1) is 18.4 Å². The van der Waals surface area contributed by atoms with Crippen LogP contribution in [0.4, 0.5) is 14.5 Å². The van der Waals surface area contributed by atoms with E-state index in [1.54, 1.807) is 41.1 Å². The van der Waals surface area contributed by atoms with Crippen molar-refractivity contribution >= 4 is 40.6 Å². The average Bonchev–Trinajstić information content (AvgIpc) is 3.44. The maximum Gasteiger partial charge on any atom is 0.387 e. The van der Waals surface area contributed by atoms with Crippen LogP contribution in [0, 0.1) is 0 Å². The highest BCUT2D eigenvalue weighted by Crippen LogP contribution is 2.37. The third-order valence-corrected chi connectivity index (χ3v) is 5.79. The number of benzene rings is 1. The Labute approximate surface area is 208 Å². The van der Waals surface area contributed by atoms with Crippen molar-refractivity contribution in [2.24, 2.45) is 0 Å². The lowest BCUT2D eigenvalue weighted by Crippen LogP contribution is -2.22. The number of aromatic nitrogens is 5. The van der Waals surface area contributed by atoms with Crippen molar-refractivity contribution in [2.75, 3.05) is 30.4 Å². The van der Waals surface area contributed by atoms with Gasteiger partial charge in [-0.25, -0.2) is 9.50 Å². The van der Waals surface area contributed by atoms with Gasteiger partial charge in [-0.05, 0) is 30.5 Å². The molecule has 0 radical (unpaired) electrons. The molecule has 0 atom stereocenters. The van der Waals surface area contributed by atoms with Crippen molar-refractivity contribution in [3.05, 3.63) is 59.6 Å². The van der Waals surface area contributed by atoms with Gasteiger partial charge in [-0.2, -0.15) is 30.7 Å². The van der Waals surface area contributed by atoms with Gasteiger partial charge in [0.15, 0.2) is 5.65 Å². The molecule has 184 valence electrons. The lowest BCUT2D eigenvalue weighted by atomic mass is 10.1. The zero-order valence-corrected chi connectivity index (χ0v) is 20.2. The van der Waals surface area contributed by atoms with E-state index >= 15 is 0 Å². The van der Waals surface area contributed by atoms with Gasteiger partial charge >= 0.3 is 6.61 Å². The topological polar surface area (TPSA) is 98.4 Å². The van der Waals surface area contributed by atoms with E-state index in [4.69, 9.17) is 11.6 Å². The number of thioether (sulfide) groups is 1. The zero-order valence-electron chi connectivity index (χ0n) is 18.6. The maximum absolute atomic E-state index is 13.1. The van der Waals surface area contributed by atoms with Gasteiger partial charge in [-0.3, -0.25) is 9.48 Å². The van der Waals surface area contributed by atoms with Crippen LogP contribution in [0.5, 0.6) is 5.75 Å². The molecule has 4 rings (SSSR count).